The van der Waals surface area contributed by atoms with E-state index in [-0.39, 0.29) is 6.61 Å². The topological polar surface area (TPSA) is 45.1 Å². The summed E-state index contributed by atoms with van der Waals surface area (Å²) in [6.07, 6.45) is 3.75. The molecule has 0 fully saturated rings. The molecule has 1 heterocycles. The Balaban J connectivity index is 2.53. The summed E-state index contributed by atoms with van der Waals surface area (Å²) in [5.74, 6) is 1.38. The van der Waals surface area contributed by atoms with Gasteiger partial charge in [-0.15, -0.1) is 0 Å². The van der Waals surface area contributed by atoms with Crippen LogP contribution in [0.3, 0.4) is 0 Å². The van der Waals surface area contributed by atoms with Crippen LogP contribution in [0.1, 0.15) is 25.3 Å². The van der Waals surface area contributed by atoms with Gasteiger partial charge in [0, 0.05) is 19.3 Å². The second-order valence-electron chi connectivity index (χ2n) is 4.01. The first kappa shape index (κ1) is 13.5. The van der Waals surface area contributed by atoms with Crippen LogP contribution in [0.2, 0.25) is 0 Å². The standard InChI is InChI=1S/C12H19BrN2O/c1-3-10(4-5-16)8-15-12-11(13)6-9(2)7-14-12/h6-7,10,16H,3-5,8H2,1-2H3,(H,14,15). The predicted molar refractivity (Wildman–Crippen MR) is 70.6 cm³/mol. The second kappa shape index (κ2) is 6.86. The molecular formula is C12H19BrN2O. The lowest BCUT2D eigenvalue weighted by molar-refractivity contribution is 0.258. The van der Waals surface area contributed by atoms with E-state index in [0.29, 0.717) is 5.92 Å². The summed E-state index contributed by atoms with van der Waals surface area (Å²) in [4.78, 5) is 4.32. The van der Waals surface area contributed by atoms with E-state index in [0.717, 1.165) is 35.2 Å². The number of rotatable bonds is 6. The van der Waals surface area contributed by atoms with Crippen molar-refractivity contribution < 1.29 is 5.11 Å². The van der Waals surface area contributed by atoms with E-state index >= 15 is 0 Å². The Morgan fingerprint density at radius 2 is 2.31 bits per heavy atom. The Bertz CT molecular complexity index is 331. The van der Waals surface area contributed by atoms with E-state index in [2.05, 4.69) is 33.2 Å². The number of nitrogens with one attached hydrogen (secondary N) is 1. The molecule has 0 aromatic carbocycles. The summed E-state index contributed by atoms with van der Waals surface area (Å²) < 4.78 is 0.992. The molecule has 0 saturated heterocycles. The minimum Gasteiger partial charge on any atom is -0.396 e. The van der Waals surface area contributed by atoms with Gasteiger partial charge in [0.15, 0.2) is 0 Å². The van der Waals surface area contributed by atoms with Gasteiger partial charge in [-0.25, -0.2) is 4.98 Å². The highest BCUT2D eigenvalue weighted by Crippen LogP contribution is 2.21. The molecule has 4 heteroatoms. The third kappa shape index (κ3) is 4.10. The molecule has 16 heavy (non-hydrogen) atoms. The fraction of sp³-hybridized carbons (Fsp3) is 0.583. The van der Waals surface area contributed by atoms with Crippen LogP contribution in [-0.4, -0.2) is 23.2 Å². The number of anilines is 1. The molecule has 1 aromatic rings. The summed E-state index contributed by atoms with van der Waals surface area (Å²) in [7, 11) is 0. The molecule has 0 spiro atoms. The van der Waals surface area contributed by atoms with E-state index in [1.54, 1.807) is 0 Å². The number of nitrogens with zero attached hydrogens (tertiary/aromatic N) is 1. The van der Waals surface area contributed by atoms with E-state index in [1.807, 2.05) is 19.2 Å². The van der Waals surface area contributed by atoms with Gasteiger partial charge >= 0.3 is 0 Å². The van der Waals surface area contributed by atoms with Crippen molar-refractivity contribution in [3.8, 4) is 0 Å². The molecule has 0 saturated carbocycles. The number of aliphatic hydroxyl groups is 1. The van der Waals surface area contributed by atoms with E-state index in [9.17, 15) is 0 Å². The van der Waals surface area contributed by atoms with Gasteiger partial charge in [-0.3, -0.25) is 0 Å². The zero-order valence-corrected chi connectivity index (χ0v) is 11.4. The highest BCUT2D eigenvalue weighted by molar-refractivity contribution is 9.10. The molecule has 0 amide bonds. The van der Waals surface area contributed by atoms with Crippen LogP contribution < -0.4 is 5.32 Å². The lowest BCUT2D eigenvalue weighted by Crippen LogP contribution is -2.15. The van der Waals surface area contributed by atoms with Crippen LogP contribution in [0.5, 0.6) is 0 Å². The average molecular weight is 287 g/mol. The Morgan fingerprint density at radius 3 is 2.88 bits per heavy atom. The fourth-order valence-electron chi connectivity index (χ4n) is 1.54. The zero-order valence-electron chi connectivity index (χ0n) is 9.83. The SMILES string of the molecule is CCC(CCO)CNc1ncc(C)cc1Br. The van der Waals surface area contributed by atoms with Gasteiger partial charge in [0.1, 0.15) is 5.82 Å². The highest BCUT2D eigenvalue weighted by atomic mass is 79.9. The minimum absolute atomic E-state index is 0.253. The van der Waals surface area contributed by atoms with E-state index in [1.165, 1.54) is 0 Å². The molecular weight excluding hydrogens is 268 g/mol. The largest absolute Gasteiger partial charge is 0.396 e. The number of aryl methyl sites for hydroxylation is 1. The van der Waals surface area contributed by atoms with Gasteiger partial charge in [-0.1, -0.05) is 13.3 Å². The van der Waals surface area contributed by atoms with Gasteiger partial charge < -0.3 is 10.4 Å². The lowest BCUT2D eigenvalue weighted by atomic mass is 10.0. The number of hydrogen-bond donors (Lipinski definition) is 2. The molecule has 1 atom stereocenters. The van der Waals surface area contributed by atoms with Gasteiger partial charge in [0.25, 0.3) is 0 Å². The van der Waals surface area contributed by atoms with Crippen LogP contribution in [0.4, 0.5) is 5.82 Å². The Labute approximate surface area is 105 Å². The summed E-state index contributed by atoms with van der Waals surface area (Å²) in [6, 6.07) is 2.04. The smallest absolute Gasteiger partial charge is 0.140 e. The van der Waals surface area contributed by atoms with Crippen molar-refractivity contribution in [3.05, 3.63) is 22.3 Å². The van der Waals surface area contributed by atoms with Crippen molar-refractivity contribution in [2.45, 2.75) is 26.7 Å². The monoisotopic (exact) mass is 286 g/mol. The van der Waals surface area contributed by atoms with Crippen molar-refractivity contribution in [1.82, 2.24) is 4.98 Å². The first-order valence-corrected chi connectivity index (χ1v) is 6.43. The maximum atomic E-state index is 8.90. The summed E-state index contributed by atoms with van der Waals surface area (Å²) in [6.45, 7) is 5.26. The van der Waals surface area contributed by atoms with Gasteiger partial charge in [-0.05, 0) is 46.8 Å². The lowest BCUT2D eigenvalue weighted by Gasteiger charge is -2.15. The van der Waals surface area contributed by atoms with Crippen molar-refractivity contribution in [2.75, 3.05) is 18.5 Å². The molecule has 0 radical (unpaired) electrons. The average Bonchev–Trinajstić information content (AvgIpc) is 2.26. The number of pyridine rings is 1. The van der Waals surface area contributed by atoms with E-state index < -0.39 is 0 Å². The van der Waals surface area contributed by atoms with Crippen molar-refractivity contribution in [1.29, 1.82) is 0 Å². The molecule has 1 rings (SSSR count). The number of hydrogen-bond acceptors (Lipinski definition) is 3. The molecule has 0 aliphatic carbocycles. The highest BCUT2D eigenvalue weighted by Gasteiger charge is 2.07. The Hall–Kier alpha value is -0.610. The Morgan fingerprint density at radius 1 is 1.56 bits per heavy atom. The summed E-state index contributed by atoms with van der Waals surface area (Å²) >= 11 is 3.48. The van der Waals surface area contributed by atoms with Crippen molar-refractivity contribution in [2.24, 2.45) is 5.92 Å². The third-order valence-corrected chi connectivity index (χ3v) is 3.26. The molecule has 0 aliphatic heterocycles. The van der Waals surface area contributed by atoms with Crippen LogP contribution in [-0.2, 0) is 0 Å². The number of halogens is 1. The fourth-order valence-corrected chi connectivity index (χ4v) is 2.14. The molecule has 1 aromatic heterocycles. The van der Waals surface area contributed by atoms with Gasteiger partial charge in [-0.2, -0.15) is 0 Å². The summed E-state index contributed by atoms with van der Waals surface area (Å²) in [5.41, 5.74) is 1.14. The molecule has 0 aliphatic rings. The third-order valence-electron chi connectivity index (χ3n) is 2.65. The molecule has 1 unspecified atom stereocenters. The number of aliphatic hydroxyl groups excluding tert-OH is 1. The maximum Gasteiger partial charge on any atom is 0.140 e. The van der Waals surface area contributed by atoms with E-state index in [4.69, 9.17) is 5.11 Å². The zero-order chi connectivity index (χ0) is 12.0. The quantitative estimate of drug-likeness (QED) is 0.845. The van der Waals surface area contributed by atoms with Gasteiger partial charge in [0.05, 0.1) is 4.47 Å². The Kier molecular flexibility index (Phi) is 5.77. The second-order valence-corrected chi connectivity index (χ2v) is 4.86. The molecule has 3 nitrogen and oxygen atoms in total. The minimum atomic E-state index is 0.253. The van der Waals surface area contributed by atoms with Crippen molar-refractivity contribution in [3.63, 3.8) is 0 Å². The van der Waals surface area contributed by atoms with Crippen LogP contribution in [0.15, 0.2) is 16.7 Å². The predicted octanol–water partition coefficient (Wildman–Crippen LogP) is 2.97. The van der Waals surface area contributed by atoms with Crippen LogP contribution in [0, 0.1) is 12.8 Å². The van der Waals surface area contributed by atoms with Crippen molar-refractivity contribution >= 4 is 21.7 Å². The molecule has 90 valence electrons. The molecule has 0 bridgehead atoms. The maximum absolute atomic E-state index is 8.90. The summed E-state index contributed by atoms with van der Waals surface area (Å²) in [5, 5.41) is 12.2. The van der Waals surface area contributed by atoms with Crippen LogP contribution >= 0.6 is 15.9 Å². The number of aromatic nitrogens is 1. The first-order chi connectivity index (χ1) is 7.67. The normalized spacial score (nSPS) is 12.5. The first-order valence-electron chi connectivity index (χ1n) is 5.64. The van der Waals surface area contributed by atoms with Crippen LogP contribution in [0.25, 0.3) is 0 Å². The van der Waals surface area contributed by atoms with Gasteiger partial charge in [0.2, 0.25) is 0 Å². The molecule has 2 N–H and O–H groups in total.